The Kier molecular flexibility index (Phi) is 2.90. The maximum absolute atomic E-state index is 5.97. The highest BCUT2D eigenvalue weighted by Gasteiger charge is 2.11. The predicted octanol–water partition coefficient (Wildman–Crippen LogP) is 2.50. The second-order valence-electron chi connectivity index (χ2n) is 2.84. The molecule has 0 fully saturated rings. The first-order valence-corrected chi connectivity index (χ1v) is 4.94. The molecule has 2 rings (SSSR count). The van der Waals surface area contributed by atoms with E-state index in [1.807, 2.05) is 0 Å². The fraction of sp³-hybridized carbons (Fsp3) is 0.111. The van der Waals surface area contributed by atoms with Crippen molar-refractivity contribution in [3.63, 3.8) is 0 Å². The molecular weight excluding hydrogens is 237 g/mol. The summed E-state index contributed by atoms with van der Waals surface area (Å²) in [5, 5.41) is 4.73. The Bertz CT molecular complexity index is 484. The summed E-state index contributed by atoms with van der Waals surface area (Å²) in [7, 11) is 0. The lowest BCUT2D eigenvalue weighted by atomic mass is 10.2. The quantitative estimate of drug-likeness (QED) is 0.881. The van der Waals surface area contributed by atoms with E-state index in [2.05, 4.69) is 10.1 Å². The molecule has 0 saturated carbocycles. The van der Waals surface area contributed by atoms with Gasteiger partial charge in [-0.05, 0) is 18.2 Å². The van der Waals surface area contributed by atoms with Crippen LogP contribution in [0.5, 0.6) is 0 Å². The van der Waals surface area contributed by atoms with E-state index in [1.165, 1.54) is 0 Å². The van der Waals surface area contributed by atoms with Crippen molar-refractivity contribution in [2.75, 3.05) is 0 Å². The topological polar surface area (TPSA) is 64.9 Å². The van der Waals surface area contributed by atoms with Crippen LogP contribution >= 0.6 is 23.2 Å². The Balaban J connectivity index is 2.48. The molecule has 0 spiro atoms. The van der Waals surface area contributed by atoms with E-state index in [-0.39, 0.29) is 6.54 Å². The molecule has 1 aromatic heterocycles. The molecule has 2 N–H and O–H groups in total. The SMILES string of the molecule is NCc1noc(-c2cc(Cl)ccc2Cl)n1. The Morgan fingerprint density at radius 3 is 2.80 bits per heavy atom. The molecule has 0 amide bonds. The van der Waals surface area contributed by atoms with Crippen molar-refractivity contribution < 1.29 is 4.52 Å². The van der Waals surface area contributed by atoms with Crippen molar-refractivity contribution in [3.8, 4) is 11.5 Å². The summed E-state index contributed by atoms with van der Waals surface area (Å²) in [6.45, 7) is 0.224. The minimum atomic E-state index is 0.224. The van der Waals surface area contributed by atoms with Gasteiger partial charge in [0.25, 0.3) is 5.89 Å². The first-order chi connectivity index (χ1) is 7.20. The number of nitrogens with two attached hydrogens (primary N) is 1. The number of halogens is 2. The zero-order chi connectivity index (χ0) is 10.8. The fourth-order valence-electron chi connectivity index (χ4n) is 1.11. The standard InChI is InChI=1S/C9H7Cl2N3O/c10-5-1-2-7(11)6(3-5)9-13-8(4-12)14-15-9/h1-3H,4,12H2. The molecular formula is C9H7Cl2N3O. The van der Waals surface area contributed by atoms with E-state index in [0.29, 0.717) is 27.3 Å². The van der Waals surface area contributed by atoms with Gasteiger partial charge in [0.1, 0.15) is 0 Å². The van der Waals surface area contributed by atoms with E-state index in [0.717, 1.165) is 0 Å². The van der Waals surface area contributed by atoms with Crippen molar-refractivity contribution in [3.05, 3.63) is 34.1 Å². The van der Waals surface area contributed by atoms with Gasteiger partial charge in [0.15, 0.2) is 5.82 Å². The second-order valence-corrected chi connectivity index (χ2v) is 3.69. The number of benzene rings is 1. The van der Waals surface area contributed by atoms with Crippen LogP contribution in [0.4, 0.5) is 0 Å². The molecule has 0 aliphatic carbocycles. The number of nitrogens with zero attached hydrogens (tertiary/aromatic N) is 2. The minimum absolute atomic E-state index is 0.224. The third kappa shape index (κ3) is 2.12. The molecule has 0 aliphatic rings. The third-order valence-corrected chi connectivity index (χ3v) is 2.37. The number of aromatic nitrogens is 2. The summed E-state index contributed by atoms with van der Waals surface area (Å²) in [5.41, 5.74) is 5.97. The summed E-state index contributed by atoms with van der Waals surface area (Å²) in [5.74, 6) is 0.754. The Morgan fingerprint density at radius 1 is 1.33 bits per heavy atom. The van der Waals surface area contributed by atoms with Crippen molar-refractivity contribution in [1.82, 2.24) is 10.1 Å². The minimum Gasteiger partial charge on any atom is -0.334 e. The van der Waals surface area contributed by atoms with Crippen molar-refractivity contribution in [2.24, 2.45) is 5.73 Å². The monoisotopic (exact) mass is 243 g/mol. The zero-order valence-corrected chi connectivity index (χ0v) is 9.09. The highest BCUT2D eigenvalue weighted by Crippen LogP contribution is 2.29. The maximum Gasteiger partial charge on any atom is 0.259 e. The Hall–Kier alpha value is -1.10. The summed E-state index contributed by atoms with van der Waals surface area (Å²) in [6.07, 6.45) is 0. The van der Waals surface area contributed by atoms with Crippen LogP contribution in [-0.4, -0.2) is 10.1 Å². The van der Waals surface area contributed by atoms with Crippen LogP contribution in [0.25, 0.3) is 11.5 Å². The molecule has 1 aromatic carbocycles. The van der Waals surface area contributed by atoms with E-state index < -0.39 is 0 Å². The largest absolute Gasteiger partial charge is 0.334 e. The Labute approximate surface area is 96.0 Å². The van der Waals surface area contributed by atoms with E-state index in [9.17, 15) is 0 Å². The van der Waals surface area contributed by atoms with Crippen LogP contribution in [-0.2, 0) is 6.54 Å². The van der Waals surface area contributed by atoms with Gasteiger partial charge in [-0.2, -0.15) is 4.98 Å². The molecule has 0 aliphatic heterocycles. The Morgan fingerprint density at radius 2 is 2.13 bits per heavy atom. The fourth-order valence-corrected chi connectivity index (χ4v) is 1.48. The average Bonchev–Trinajstić information content (AvgIpc) is 2.70. The van der Waals surface area contributed by atoms with E-state index >= 15 is 0 Å². The molecule has 4 nitrogen and oxygen atoms in total. The van der Waals surface area contributed by atoms with Crippen molar-refractivity contribution >= 4 is 23.2 Å². The van der Waals surface area contributed by atoms with Crippen molar-refractivity contribution in [1.29, 1.82) is 0 Å². The molecule has 0 unspecified atom stereocenters. The third-order valence-electron chi connectivity index (χ3n) is 1.81. The summed E-state index contributed by atoms with van der Waals surface area (Å²) in [4.78, 5) is 4.06. The molecule has 0 bridgehead atoms. The van der Waals surface area contributed by atoms with Gasteiger partial charge in [0.05, 0.1) is 17.1 Å². The molecule has 78 valence electrons. The lowest BCUT2D eigenvalue weighted by Crippen LogP contribution is -1.97. The average molecular weight is 244 g/mol. The number of hydrogen-bond acceptors (Lipinski definition) is 4. The van der Waals surface area contributed by atoms with Crippen LogP contribution < -0.4 is 5.73 Å². The summed E-state index contributed by atoms with van der Waals surface area (Å²) >= 11 is 11.8. The van der Waals surface area contributed by atoms with Gasteiger partial charge < -0.3 is 10.3 Å². The molecule has 6 heteroatoms. The van der Waals surface area contributed by atoms with Crippen LogP contribution in [0.15, 0.2) is 22.7 Å². The summed E-state index contributed by atoms with van der Waals surface area (Å²) < 4.78 is 4.99. The number of hydrogen-bond donors (Lipinski definition) is 1. The molecule has 0 radical (unpaired) electrons. The van der Waals surface area contributed by atoms with Gasteiger partial charge in [-0.25, -0.2) is 0 Å². The van der Waals surface area contributed by atoms with Crippen LogP contribution in [0.3, 0.4) is 0 Å². The zero-order valence-electron chi connectivity index (χ0n) is 7.58. The lowest BCUT2D eigenvalue weighted by Gasteiger charge is -1.98. The van der Waals surface area contributed by atoms with Crippen LogP contribution in [0, 0.1) is 0 Å². The molecule has 1 heterocycles. The normalized spacial score (nSPS) is 10.6. The smallest absolute Gasteiger partial charge is 0.259 e. The van der Waals surface area contributed by atoms with Crippen LogP contribution in [0.2, 0.25) is 10.0 Å². The summed E-state index contributed by atoms with van der Waals surface area (Å²) in [6, 6.07) is 5.02. The molecule has 0 atom stereocenters. The first kappa shape index (κ1) is 10.4. The maximum atomic E-state index is 5.97. The molecule has 2 aromatic rings. The molecule has 15 heavy (non-hydrogen) atoms. The van der Waals surface area contributed by atoms with Gasteiger partial charge in [-0.15, -0.1) is 0 Å². The lowest BCUT2D eigenvalue weighted by molar-refractivity contribution is 0.423. The predicted molar refractivity (Wildman–Crippen MR) is 57.6 cm³/mol. The highest BCUT2D eigenvalue weighted by atomic mass is 35.5. The van der Waals surface area contributed by atoms with Crippen molar-refractivity contribution in [2.45, 2.75) is 6.54 Å². The van der Waals surface area contributed by atoms with Gasteiger partial charge in [-0.1, -0.05) is 28.4 Å². The van der Waals surface area contributed by atoms with E-state index in [4.69, 9.17) is 33.5 Å². The van der Waals surface area contributed by atoms with Gasteiger partial charge in [-0.3, -0.25) is 0 Å². The van der Waals surface area contributed by atoms with E-state index in [1.54, 1.807) is 18.2 Å². The van der Waals surface area contributed by atoms with Gasteiger partial charge in [0.2, 0.25) is 0 Å². The van der Waals surface area contributed by atoms with Crippen LogP contribution in [0.1, 0.15) is 5.82 Å². The van der Waals surface area contributed by atoms with Gasteiger partial charge >= 0.3 is 0 Å². The second kappa shape index (κ2) is 4.18. The number of rotatable bonds is 2. The molecule has 0 saturated heterocycles. The van der Waals surface area contributed by atoms with Gasteiger partial charge in [0, 0.05) is 5.02 Å². The highest BCUT2D eigenvalue weighted by molar-refractivity contribution is 6.35. The first-order valence-electron chi connectivity index (χ1n) is 4.19.